The molecule has 2 atom stereocenters. The third-order valence-electron chi connectivity index (χ3n) is 5.04. The van der Waals surface area contributed by atoms with Gasteiger partial charge < -0.3 is 10.2 Å². The van der Waals surface area contributed by atoms with Gasteiger partial charge in [0.25, 0.3) is 0 Å². The molecule has 1 aliphatic heterocycles. The molecule has 1 N–H and O–H groups in total. The van der Waals surface area contributed by atoms with Gasteiger partial charge in [0, 0.05) is 24.5 Å². The van der Waals surface area contributed by atoms with Crippen molar-refractivity contribution < 1.29 is 4.79 Å². The molecule has 0 spiro atoms. The zero-order chi connectivity index (χ0) is 14.0. The lowest BCUT2D eigenvalue weighted by Gasteiger charge is -2.36. The molecule has 3 heteroatoms. The van der Waals surface area contributed by atoms with Crippen LogP contribution in [0.5, 0.6) is 0 Å². The Hall–Kier alpha value is -0.570. The van der Waals surface area contributed by atoms with E-state index in [2.05, 4.69) is 37.9 Å². The summed E-state index contributed by atoms with van der Waals surface area (Å²) in [5.41, 5.74) is 0.188. The van der Waals surface area contributed by atoms with Crippen molar-refractivity contribution in [3.05, 3.63) is 0 Å². The Kier molecular flexibility index (Phi) is 4.54. The van der Waals surface area contributed by atoms with E-state index in [1.165, 1.54) is 25.7 Å². The molecule has 3 nitrogen and oxygen atoms in total. The predicted molar refractivity (Wildman–Crippen MR) is 79.0 cm³/mol. The molecule has 0 aromatic carbocycles. The van der Waals surface area contributed by atoms with E-state index in [1.807, 2.05) is 0 Å². The molecule has 1 saturated carbocycles. The van der Waals surface area contributed by atoms with Gasteiger partial charge in [0.2, 0.25) is 5.91 Å². The zero-order valence-corrected chi connectivity index (χ0v) is 13.0. The molecule has 1 saturated heterocycles. The van der Waals surface area contributed by atoms with Gasteiger partial charge in [0.1, 0.15) is 0 Å². The van der Waals surface area contributed by atoms with E-state index in [4.69, 9.17) is 0 Å². The van der Waals surface area contributed by atoms with Crippen molar-refractivity contribution in [1.82, 2.24) is 10.2 Å². The summed E-state index contributed by atoms with van der Waals surface area (Å²) in [4.78, 5) is 15.0. The fourth-order valence-corrected chi connectivity index (χ4v) is 3.69. The molecule has 2 fully saturated rings. The molecule has 0 bridgehead atoms. The summed E-state index contributed by atoms with van der Waals surface area (Å²) < 4.78 is 0. The molecule has 2 aliphatic rings. The van der Waals surface area contributed by atoms with Gasteiger partial charge in [0.05, 0.1) is 0 Å². The highest BCUT2D eigenvalue weighted by molar-refractivity contribution is 5.80. The largest absolute Gasteiger partial charge is 0.338 e. The molecule has 0 aromatic rings. The Bertz CT molecular complexity index is 319. The summed E-state index contributed by atoms with van der Waals surface area (Å²) >= 11 is 0. The second-order valence-electron chi connectivity index (χ2n) is 7.31. The van der Waals surface area contributed by atoms with Crippen LogP contribution in [0.4, 0.5) is 0 Å². The summed E-state index contributed by atoms with van der Waals surface area (Å²) in [6.07, 6.45) is 5.94. The van der Waals surface area contributed by atoms with Gasteiger partial charge >= 0.3 is 0 Å². The van der Waals surface area contributed by atoms with Gasteiger partial charge in [0.15, 0.2) is 0 Å². The van der Waals surface area contributed by atoms with Crippen LogP contribution in [-0.4, -0.2) is 36.0 Å². The Morgan fingerprint density at radius 1 is 1.32 bits per heavy atom. The molecule has 1 amide bonds. The molecular weight excluding hydrogens is 236 g/mol. The van der Waals surface area contributed by atoms with E-state index in [9.17, 15) is 4.79 Å². The predicted octanol–water partition coefficient (Wildman–Crippen LogP) is 2.80. The zero-order valence-electron chi connectivity index (χ0n) is 13.0. The summed E-state index contributed by atoms with van der Waals surface area (Å²) in [5.74, 6) is 0.627. The lowest BCUT2D eigenvalue weighted by Crippen LogP contribution is -2.48. The van der Waals surface area contributed by atoms with Crippen molar-refractivity contribution >= 4 is 5.91 Å². The molecule has 110 valence electrons. The van der Waals surface area contributed by atoms with Crippen LogP contribution in [0.3, 0.4) is 0 Å². The Labute approximate surface area is 118 Å². The second kappa shape index (κ2) is 5.82. The van der Waals surface area contributed by atoms with Crippen LogP contribution in [0.1, 0.15) is 59.8 Å². The first-order valence-electron chi connectivity index (χ1n) is 7.95. The minimum absolute atomic E-state index is 0.188. The number of hydrogen-bond donors (Lipinski definition) is 1. The summed E-state index contributed by atoms with van der Waals surface area (Å²) in [6.45, 7) is 10.8. The van der Waals surface area contributed by atoms with Gasteiger partial charge in [-0.25, -0.2) is 0 Å². The lowest BCUT2D eigenvalue weighted by atomic mass is 9.81. The van der Waals surface area contributed by atoms with E-state index < -0.39 is 0 Å². The Balaban J connectivity index is 2.03. The first kappa shape index (κ1) is 14.8. The van der Waals surface area contributed by atoms with Gasteiger partial charge in [-0.2, -0.15) is 0 Å². The van der Waals surface area contributed by atoms with E-state index in [0.717, 1.165) is 19.5 Å². The van der Waals surface area contributed by atoms with Crippen molar-refractivity contribution in [2.75, 3.05) is 13.1 Å². The first-order chi connectivity index (χ1) is 8.92. The van der Waals surface area contributed by atoms with Gasteiger partial charge in [-0.15, -0.1) is 0 Å². The molecular formula is C16H30N2O. The van der Waals surface area contributed by atoms with Crippen molar-refractivity contribution in [3.8, 4) is 0 Å². The van der Waals surface area contributed by atoms with Crippen LogP contribution in [0.15, 0.2) is 0 Å². The average molecular weight is 266 g/mol. The summed E-state index contributed by atoms with van der Waals surface area (Å²) in [5, 5.41) is 3.51. The fourth-order valence-electron chi connectivity index (χ4n) is 3.69. The van der Waals surface area contributed by atoms with Crippen LogP contribution >= 0.6 is 0 Å². The standard InChI is InChI=1S/C16H30N2O/c1-12(2)18(11-13-7-6-10-17-13)15(19)14-8-5-9-16(14,3)4/h12-14,17H,5-11H2,1-4H3. The van der Waals surface area contributed by atoms with Crippen molar-refractivity contribution in [2.45, 2.75) is 71.9 Å². The topological polar surface area (TPSA) is 32.3 Å². The first-order valence-corrected chi connectivity index (χ1v) is 7.95. The highest BCUT2D eigenvalue weighted by Gasteiger charge is 2.42. The SMILES string of the molecule is CC(C)N(CC1CCCN1)C(=O)C1CCCC1(C)C. The van der Waals surface area contributed by atoms with Gasteiger partial charge in [-0.1, -0.05) is 20.3 Å². The molecule has 0 aromatic heterocycles. The molecule has 19 heavy (non-hydrogen) atoms. The van der Waals surface area contributed by atoms with Crippen LogP contribution in [0, 0.1) is 11.3 Å². The van der Waals surface area contributed by atoms with Crippen molar-refractivity contribution in [3.63, 3.8) is 0 Å². The van der Waals surface area contributed by atoms with Crippen molar-refractivity contribution in [2.24, 2.45) is 11.3 Å². The average Bonchev–Trinajstić information content (AvgIpc) is 2.93. The molecule has 2 unspecified atom stereocenters. The van der Waals surface area contributed by atoms with E-state index in [0.29, 0.717) is 18.0 Å². The number of rotatable bonds is 4. The van der Waals surface area contributed by atoms with Gasteiger partial charge in [-0.05, 0) is 51.5 Å². The maximum absolute atomic E-state index is 12.9. The summed E-state index contributed by atoms with van der Waals surface area (Å²) in [6, 6.07) is 0.821. The lowest BCUT2D eigenvalue weighted by molar-refractivity contribution is -0.140. The maximum Gasteiger partial charge on any atom is 0.226 e. The van der Waals surface area contributed by atoms with Crippen LogP contribution in [-0.2, 0) is 4.79 Å². The van der Waals surface area contributed by atoms with Crippen LogP contribution in [0.25, 0.3) is 0 Å². The van der Waals surface area contributed by atoms with E-state index in [-0.39, 0.29) is 11.3 Å². The smallest absolute Gasteiger partial charge is 0.226 e. The number of nitrogens with one attached hydrogen (secondary N) is 1. The minimum atomic E-state index is 0.188. The highest BCUT2D eigenvalue weighted by atomic mass is 16.2. The molecule has 2 rings (SSSR count). The number of nitrogens with zero attached hydrogens (tertiary/aromatic N) is 1. The maximum atomic E-state index is 12.9. The Morgan fingerprint density at radius 3 is 2.53 bits per heavy atom. The number of carbonyl (C=O) groups is 1. The van der Waals surface area contributed by atoms with E-state index in [1.54, 1.807) is 0 Å². The highest BCUT2D eigenvalue weighted by Crippen LogP contribution is 2.43. The van der Waals surface area contributed by atoms with Crippen LogP contribution in [0.2, 0.25) is 0 Å². The summed E-state index contributed by atoms with van der Waals surface area (Å²) in [7, 11) is 0. The molecule has 0 radical (unpaired) electrons. The third kappa shape index (κ3) is 3.31. The molecule has 1 aliphatic carbocycles. The second-order valence-corrected chi connectivity index (χ2v) is 7.31. The normalized spacial score (nSPS) is 29.9. The van der Waals surface area contributed by atoms with E-state index >= 15 is 0 Å². The minimum Gasteiger partial charge on any atom is -0.338 e. The third-order valence-corrected chi connectivity index (χ3v) is 5.04. The quantitative estimate of drug-likeness (QED) is 0.848. The number of carbonyl (C=O) groups excluding carboxylic acids is 1. The van der Waals surface area contributed by atoms with Gasteiger partial charge in [-0.3, -0.25) is 4.79 Å². The Morgan fingerprint density at radius 2 is 2.05 bits per heavy atom. The molecule has 1 heterocycles. The van der Waals surface area contributed by atoms with Crippen LogP contribution < -0.4 is 5.32 Å². The fraction of sp³-hybridized carbons (Fsp3) is 0.938. The number of hydrogen-bond acceptors (Lipinski definition) is 2. The monoisotopic (exact) mass is 266 g/mol. The van der Waals surface area contributed by atoms with Crippen molar-refractivity contribution in [1.29, 1.82) is 0 Å². The number of amides is 1.